The van der Waals surface area contributed by atoms with Crippen molar-refractivity contribution in [2.24, 2.45) is 17.8 Å². The Morgan fingerprint density at radius 3 is 2.70 bits per heavy atom. The summed E-state index contributed by atoms with van der Waals surface area (Å²) in [5, 5.41) is -0.0728. The van der Waals surface area contributed by atoms with Crippen LogP contribution in [0, 0.1) is 17.8 Å². The molecule has 2 saturated heterocycles. The van der Waals surface area contributed by atoms with Gasteiger partial charge in [0.2, 0.25) is 10.0 Å². The number of benzene rings is 2. The van der Waals surface area contributed by atoms with Gasteiger partial charge in [-0.05, 0) is 124 Å². The molecule has 4 heterocycles. The lowest BCUT2D eigenvalue weighted by Crippen LogP contribution is -2.61. The Labute approximate surface area is 339 Å². The van der Waals surface area contributed by atoms with Gasteiger partial charge in [-0.2, -0.15) is 0 Å². The first kappa shape index (κ1) is 40.1. The van der Waals surface area contributed by atoms with E-state index in [1.54, 1.807) is 13.2 Å². The lowest BCUT2D eigenvalue weighted by atomic mass is 9.63. The van der Waals surface area contributed by atoms with Crippen molar-refractivity contribution in [2.45, 2.75) is 93.4 Å². The van der Waals surface area contributed by atoms with Gasteiger partial charge >= 0.3 is 0 Å². The number of amides is 1. The molecule has 6 aliphatic rings. The van der Waals surface area contributed by atoms with Crippen LogP contribution in [0.3, 0.4) is 0 Å². The predicted octanol–water partition coefficient (Wildman–Crippen LogP) is 6.46. The molecule has 0 aromatic heterocycles. The number of hydrogen-bond acceptors (Lipinski definition) is 9. The average molecular weight is 810 g/mol. The zero-order valence-corrected chi connectivity index (χ0v) is 35.1. The summed E-state index contributed by atoms with van der Waals surface area (Å²) in [7, 11) is -0.608. The first-order valence-electron chi connectivity index (χ1n) is 21.1. The van der Waals surface area contributed by atoms with Crippen LogP contribution >= 0.6 is 11.6 Å². The fourth-order valence-electron chi connectivity index (χ4n) is 11.1. The van der Waals surface area contributed by atoms with Gasteiger partial charge in [-0.3, -0.25) is 14.6 Å². The van der Waals surface area contributed by atoms with Crippen LogP contribution in [-0.4, -0.2) is 114 Å². The monoisotopic (exact) mass is 808 g/mol. The summed E-state index contributed by atoms with van der Waals surface area (Å²) in [6, 6.07) is 12.3. The summed E-state index contributed by atoms with van der Waals surface area (Å²) in [5.74, 6) is 0.424. The number of methoxy groups -OCH3 is 2. The van der Waals surface area contributed by atoms with Gasteiger partial charge in [0.1, 0.15) is 11.4 Å². The van der Waals surface area contributed by atoms with Gasteiger partial charge in [-0.1, -0.05) is 43.2 Å². The van der Waals surface area contributed by atoms with Gasteiger partial charge in [-0.25, -0.2) is 13.1 Å². The van der Waals surface area contributed by atoms with E-state index in [0.29, 0.717) is 36.3 Å². The summed E-state index contributed by atoms with van der Waals surface area (Å²) in [5.41, 5.74) is 2.89. The minimum absolute atomic E-state index is 0.261. The van der Waals surface area contributed by atoms with Crippen LogP contribution in [0.5, 0.6) is 5.75 Å². The molecule has 8 rings (SSSR count). The van der Waals surface area contributed by atoms with E-state index in [9.17, 15) is 13.2 Å². The summed E-state index contributed by atoms with van der Waals surface area (Å²) in [6.07, 6.45) is 14.2. The quantitative estimate of drug-likeness (QED) is 0.330. The number of piperidine rings is 1. The molecule has 12 heteroatoms. The maximum absolute atomic E-state index is 14.1. The number of sulfonamides is 1. The molecule has 7 atom stereocenters. The third-order valence-electron chi connectivity index (χ3n) is 14.4. The van der Waals surface area contributed by atoms with E-state index in [-0.39, 0.29) is 30.3 Å². The third kappa shape index (κ3) is 7.90. The van der Waals surface area contributed by atoms with Crippen LogP contribution in [0.4, 0.5) is 5.69 Å². The number of ether oxygens (including phenoxy) is 3. The minimum Gasteiger partial charge on any atom is -0.490 e. The van der Waals surface area contributed by atoms with Crippen molar-refractivity contribution < 1.29 is 27.4 Å². The highest BCUT2D eigenvalue weighted by atomic mass is 35.5. The second kappa shape index (κ2) is 16.5. The number of carbonyl (C=O) groups excluding carboxylic acids is 1. The summed E-state index contributed by atoms with van der Waals surface area (Å²) in [4.78, 5) is 21.7. The number of aryl methyl sites for hydroxylation is 1. The van der Waals surface area contributed by atoms with Gasteiger partial charge in [0.15, 0.2) is 0 Å². The molecule has 2 aliphatic carbocycles. The van der Waals surface area contributed by atoms with Crippen molar-refractivity contribution in [2.75, 3.05) is 78.1 Å². The SMILES string of the molecule is COCC[C@@H]1[C@@H](C)C/C=C/[C@@](CN2CCN3CCCC[C@@H]3C2)(OC)[C@@H]2CC[C@H]2CN2C[C@@]3(CCCc4cc(Cl)ccc43)COc3ccc(cc32)C(=O)NS1(=O)=O. The average Bonchev–Trinajstić information content (AvgIpc) is 3.32. The van der Waals surface area contributed by atoms with E-state index < -0.39 is 26.8 Å². The molecule has 10 nitrogen and oxygen atoms in total. The van der Waals surface area contributed by atoms with Crippen LogP contribution in [0.2, 0.25) is 5.02 Å². The Bertz CT molecular complexity index is 1890. The molecule has 56 heavy (non-hydrogen) atoms. The zero-order chi connectivity index (χ0) is 39.1. The highest BCUT2D eigenvalue weighted by molar-refractivity contribution is 7.90. The van der Waals surface area contributed by atoms with Crippen molar-refractivity contribution >= 4 is 33.2 Å². The first-order chi connectivity index (χ1) is 27.0. The smallest absolute Gasteiger partial charge is 0.264 e. The Kier molecular flexibility index (Phi) is 11.8. The molecule has 3 fully saturated rings. The third-order valence-corrected chi connectivity index (χ3v) is 16.6. The Morgan fingerprint density at radius 1 is 1.02 bits per heavy atom. The number of carbonyl (C=O) groups is 1. The molecule has 2 aromatic carbocycles. The molecule has 1 N–H and O–H groups in total. The maximum atomic E-state index is 14.1. The lowest BCUT2D eigenvalue weighted by Gasteiger charge is -2.53. The number of nitrogens with zero attached hydrogens (tertiary/aromatic N) is 3. The van der Waals surface area contributed by atoms with Gasteiger partial charge in [0, 0.05) is 82.1 Å². The molecule has 2 bridgehead atoms. The highest BCUT2D eigenvalue weighted by Gasteiger charge is 2.50. The van der Waals surface area contributed by atoms with Crippen LogP contribution in [0.15, 0.2) is 48.6 Å². The molecule has 1 spiro atoms. The fourth-order valence-corrected chi connectivity index (χ4v) is 13.0. The standard InChI is InChI=1S/C44H61ClN4O6S/c1-31-8-6-19-44(54-3,29-47-21-22-48-20-5-4-10-36(48)27-47)38-14-11-34(38)26-49-28-43(18-7-9-32-24-35(45)13-15-37(32)43)30-55-40-16-12-33(25-39(40)49)42(50)46-56(51,52)41(31)17-23-53-2/h6,12-13,15-16,19,24-25,31,34,36,38,41H,4-5,7-11,14,17-18,20-23,26-30H2,1-3H3,(H,46,50)/b19-6+/t31-,34-,36+,38+,41+,43-,44-/m0/s1. The van der Waals surface area contributed by atoms with Gasteiger partial charge < -0.3 is 19.1 Å². The molecule has 0 radical (unpaired) electrons. The second-order valence-electron chi connectivity index (χ2n) is 17.7. The van der Waals surface area contributed by atoms with Crippen molar-refractivity contribution in [3.63, 3.8) is 0 Å². The van der Waals surface area contributed by atoms with Crippen molar-refractivity contribution in [3.8, 4) is 5.75 Å². The zero-order valence-electron chi connectivity index (χ0n) is 33.5. The summed E-state index contributed by atoms with van der Waals surface area (Å²) < 4.78 is 49.6. The second-order valence-corrected chi connectivity index (χ2v) is 20.1. The molecule has 1 saturated carbocycles. The Morgan fingerprint density at radius 2 is 1.89 bits per heavy atom. The topological polar surface area (TPSA) is 101 Å². The van der Waals surface area contributed by atoms with E-state index in [2.05, 4.69) is 43.7 Å². The van der Waals surface area contributed by atoms with E-state index in [1.807, 2.05) is 32.2 Å². The van der Waals surface area contributed by atoms with Gasteiger partial charge in [0.05, 0.1) is 17.5 Å². The lowest BCUT2D eigenvalue weighted by molar-refractivity contribution is -0.100. The molecule has 306 valence electrons. The number of halogens is 1. The van der Waals surface area contributed by atoms with Crippen molar-refractivity contribution in [1.82, 2.24) is 14.5 Å². The van der Waals surface area contributed by atoms with Crippen molar-refractivity contribution in [1.29, 1.82) is 0 Å². The molecule has 2 aromatic rings. The number of hydrogen-bond donors (Lipinski definition) is 1. The number of rotatable bonds is 6. The molecule has 1 amide bonds. The Balaban J connectivity index is 1.20. The predicted molar refractivity (Wildman–Crippen MR) is 221 cm³/mol. The van der Waals surface area contributed by atoms with Crippen LogP contribution < -0.4 is 14.4 Å². The first-order valence-corrected chi connectivity index (χ1v) is 23.0. The Hall–Kier alpha value is -2.67. The molecule has 4 aliphatic heterocycles. The largest absolute Gasteiger partial charge is 0.490 e. The fraction of sp³-hybridized carbons (Fsp3) is 0.659. The maximum Gasteiger partial charge on any atom is 0.264 e. The van der Waals surface area contributed by atoms with Gasteiger partial charge in [0.25, 0.3) is 5.91 Å². The number of fused-ring (bicyclic) bond motifs is 5. The normalized spacial score (nSPS) is 34.2. The van der Waals surface area contributed by atoms with E-state index in [0.717, 1.165) is 82.1 Å². The minimum atomic E-state index is -4.06. The van der Waals surface area contributed by atoms with E-state index >= 15 is 0 Å². The number of piperazine rings is 1. The number of nitrogens with one attached hydrogen (secondary N) is 1. The van der Waals surface area contributed by atoms with Crippen LogP contribution in [-0.2, 0) is 31.3 Å². The van der Waals surface area contributed by atoms with E-state index in [1.165, 1.54) is 36.9 Å². The van der Waals surface area contributed by atoms with Gasteiger partial charge in [-0.15, -0.1) is 0 Å². The van der Waals surface area contributed by atoms with E-state index in [4.69, 9.17) is 25.8 Å². The van der Waals surface area contributed by atoms with Crippen LogP contribution in [0.1, 0.15) is 86.2 Å². The summed E-state index contributed by atoms with van der Waals surface area (Å²) >= 11 is 6.53. The van der Waals surface area contributed by atoms with Crippen LogP contribution in [0.25, 0.3) is 0 Å². The molecular weight excluding hydrogens is 748 g/mol. The molecular formula is C44H61ClN4O6S. The van der Waals surface area contributed by atoms with Crippen molar-refractivity contribution in [3.05, 3.63) is 70.3 Å². The molecule has 0 unspecified atom stereocenters. The highest BCUT2D eigenvalue weighted by Crippen LogP contribution is 2.49. The summed E-state index contributed by atoms with van der Waals surface area (Å²) in [6.45, 7) is 9.41. The number of anilines is 1. The number of allylic oxidation sites excluding steroid dienone is 1.